The van der Waals surface area contributed by atoms with Gasteiger partial charge in [-0.3, -0.25) is 4.79 Å². The fourth-order valence-electron chi connectivity index (χ4n) is 2.23. The normalized spacial score (nSPS) is 16.4. The highest BCUT2D eigenvalue weighted by Crippen LogP contribution is 2.21. The summed E-state index contributed by atoms with van der Waals surface area (Å²) in [7, 11) is 0. The molecule has 1 amide bonds. The highest BCUT2D eigenvalue weighted by atomic mass is 19.1. The molecule has 5 nitrogen and oxygen atoms in total. The monoisotopic (exact) mass is 296 g/mol. The molecule has 1 unspecified atom stereocenters. The molecule has 0 bridgehead atoms. The molecule has 6 heteroatoms. The molecule has 2 rings (SSSR count). The summed E-state index contributed by atoms with van der Waals surface area (Å²) in [4.78, 5) is 14.0. The molecule has 1 saturated heterocycles. The summed E-state index contributed by atoms with van der Waals surface area (Å²) in [6, 6.07) is 4.19. The van der Waals surface area contributed by atoms with Crippen LogP contribution in [0.3, 0.4) is 0 Å². The number of benzene rings is 1. The smallest absolute Gasteiger partial charge is 0.244 e. The Kier molecular flexibility index (Phi) is 5.38. The van der Waals surface area contributed by atoms with E-state index in [0.717, 1.165) is 0 Å². The maximum Gasteiger partial charge on any atom is 0.244 e. The molecule has 0 saturated carbocycles. The fraction of sp³-hybridized carbons (Fsp3) is 0.533. The highest BCUT2D eigenvalue weighted by Gasteiger charge is 2.22. The van der Waals surface area contributed by atoms with Gasteiger partial charge in [0.15, 0.2) is 11.6 Å². The second-order valence-corrected chi connectivity index (χ2v) is 4.88. The third-order valence-corrected chi connectivity index (χ3v) is 3.31. The number of hydrogen-bond donors (Lipinski definition) is 1. The van der Waals surface area contributed by atoms with Crippen molar-refractivity contribution >= 4 is 11.6 Å². The molecule has 1 atom stereocenters. The first kappa shape index (κ1) is 15.6. The molecule has 1 N–H and O–H groups in total. The van der Waals surface area contributed by atoms with Crippen molar-refractivity contribution < 1.29 is 18.7 Å². The molecular weight excluding hydrogens is 275 g/mol. The standard InChI is InChI=1S/C15H21FN2O3/c1-3-21-14-5-4-12(10-13(14)16)17-11(2)15(19)18-6-8-20-9-7-18/h4-5,10-11,17H,3,6-9H2,1-2H3. The fourth-order valence-corrected chi connectivity index (χ4v) is 2.23. The number of amides is 1. The van der Waals surface area contributed by atoms with E-state index < -0.39 is 11.9 Å². The van der Waals surface area contributed by atoms with Gasteiger partial charge < -0.3 is 19.7 Å². The Hall–Kier alpha value is -1.82. The molecule has 1 aliphatic rings. The van der Waals surface area contributed by atoms with Crippen LogP contribution >= 0.6 is 0 Å². The third kappa shape index (κ3) is 4.07. The highest BCUT2D eigenvalue weighted by molar-refractivity contribution is 5.84. The van der Waals surface area contributed by atoms with Gasteiger partial charge in [0.25, 0.3) is 0 Å². The number of anilines is 1. The summed E-state index contributed by atoms with van der Waals surface area (Å²) in [5.41, 5.74) is 0.560. The van der Waals surface area contributed by atoms with Gasteiger partial charge in [-0.25, -0.2) is 4.39 Å². The van der Waals surface area contributed by atoms with Crippen molar-refractivity contribution in [1.82, 2.24) is 4.90 Å². The quantitative estimate of drug-likeness (QED) is 0.901. The summed E-state index contributed by atoms with van der Waals surface area (Å²) < 4.78 is 24.1. The Morgan fingerprint density at radius 2 is 2.19 bits per heavy atom. The average Bonchev–Trinajstić information content (AvgIpc) is 2.50. The summed E-state index contributed by atoms with van der Waals surface area (Å²) >= 11 is 0. The summed E-state index contributed by atoms with van der Waals surface area (Å²) in [6.07, 6.45) is 0. The first-order chi connectivity index (χ1) is 10.1. The SMILES string of the molecule is CCOc1ccc(NC(C)C(=O)N2CCOCC2)cc1F. The Bertz CT molecular complexity index is 490. The largest absolute Gasteiger partial charge is 0.491 e. The molecule has 1 fully saturated rings. The van der Waals surface area contributed by atoms with Gasteiger partial charge in [0.05, 0.1) is 19.8 Å². The number of carbonyl (C=O) groups is 1. The Morgan fingerprint density at radius 3 is 2.81 bits per heavy atom. The lowest BCUT2D eigenvalue weighted by Crippen LogP contribution is -2.47. The second kappa shape index (κ2) is 7.26. The van der Waals surface area contributed by atoms with E-state index in [0.29, 0.717) is 38.6 Å². The summed E-state index contributed by atoms with van der Waals surface area (Å²) in [6.45, 7) is 6.31. The first-order valence-electron chi connectivity index (χ1n) is 7.17. The van der Waals surface area contributed by atoms with Gasteiger partial charge in [-0.05, 0) is 26.0 Å². The topological polar surface area (TPSA) is 50.8 Å². The van der Waals surface area contributed by atoms with Crippen LogP contribution in [0.5, 0.6) is 5.75 Å². The van der Waals surface area contributed by atoms with Crippen molar-refractivity contribution in [3.05, 3.63) is 24.0 Å². The van der Waals surface area contributed by atoms with Crippen molar-refractivity contribution in [3.63, 3.8) is 0 Å². The number of carbonyl (C=O) groups excluding carboxylic acids is 1. The summed E-state index contributed by atoms with van der Waals surface area (Å²) in [5, 5.41) is 3.02. The van der Waals surface area contributed by atoms with Crippen LogP contribution in [0.15, 0.2) is 18.2 Å². The van der Waals surface area contributed by atoms with E-state index in [4.69, 9.17) is 9.47 Å². The van der Waals surface area contributed by atoms with Crippen molar-refractivity contribution in [2.75, 3.05) is 38.2 Å². The van der Waals surface area contributed by atoms with Gasteiger partial charge in [-0.2, -0.15) is 0 Å². The van der Waals surface area contributed by atoms with Gasteiger partial charge in [0.2, 0.25) is 5.91 Å². The van der Waals surface area contributed by atoms with Crippen LogP contribution in [0.1, 0.15) is 13.8 Å². The molecule has 0 aliphatic carbocycles. The van der Waals surface area contributed by atoms with Crippen LogP contribution in [0.4, 0.5) is 10.1 Å². The van der Waals surface area contributed by atoms with E-state index in [-0.39, 0.29) is 11.7 Å². The zero-order chi connectivity index (χ0) is 15.2. The van der Waals surface area contributed by atoms with Gasteiger partial charge in [-0.1, -0.05) is 0 Å². The zero-order valence-corrected chi connectivity index (χ0v) is 12.4. The number of hydrogen-bond acceptors (Lipinski definition) is 4. The average molecular weight is 296 g/mol. The van der Waals surface area contributed by atoms with E-state index in [1.807, 2.05) is 0 Å². The van der Waals surface area contributed by atoms with Crippen LogP contribution in [0.2, 0.25) is 0 Å². The van der Waals surface area contributed by atoms with E-state index in [1.54, 1.807) is 30.9 Å². The molecule has 0 aromatic heterocycles. The van der Waals surface area contributed by atoms with Gasteiger partial charge >= 0.3 is 0 Å². The van der Waals surface area contributed by atoms with Crippen LogP contribution in [-0.2, 0) is 9.53 Å². The molecule has 21 heavy (non-hydrogen) atoms. The van der Waals surface area contributed by atoms with Crippen molar-refractivity contribution in [2.45, 2.75) is 19.9 Å². The third-order valence-electron chi connectivity index (χ3n) is 3.31. The van der Waals surface area contributed by atoms with Gasteiger partial charge in [0.1, 0.15) is 6.04 Å². The molecule has 0 spiro atoms. The molecule has 1 aromatic carbocycles. The molecule has 1 aliphatic heterocycles. The lowest BCUT2D eigenvalue weighted by Gasteiger charge is -2.29. The Labute approximate surface area is 124 Å². The zero-order valence-electron chi connectivity index (χ0n) is 12.4. The van der Waals surface area contributed by atoms with Crippen LogP contribution < -0.4 is 10.1 Å². The van der Waals surface area contributed by atoms with Gasteiger partial charge in [0, 0.05) is 24.8 Å². The predicted molar refractivity (Wildman–Crippen MR) is 78.1 cm³/mol. The molecule has 116 valence electrons. The molecule has 1 aromatic rings. The van der Waals surface area contributed by atoms with E-state index in [9.17, 15) is 9.18 Å². The number of nitrogens with zero attached hydrogens (tertiary/aromatic N) is 1. The number of ether oxygens (including phenoxy) is 2. The van der Waals surface area contributed by atoms with Crippen LogP contribution in [0.25, 0.3) is 0 Å². The first-order valence-corrected chi connectivity index (χ1v) is 7.17. The van der Waals surface area contributed by atoms with E-state index in [2.05, 4.69) is 5.32 Å². The number of halogens is 1. The van der Waals surface area contributed by atoms with Crippen molar-refractivity contribution in [2.24, 2.45) is 0 Å². The minimum absolute atomic E-state index is 0.00686. The maximum atomic E-state index is 13.8. The van der Waals surface area contributed by atoms with Crippen molar-refractivity contribution in [3.8, 4) is 5.75 Å². The lowest BCUT2D eigenvalue weighted by molar-refractivity contribution is -0.135. The van der Waals surface area contributed by atoms with Crippen LogP contribution in [-0.4, -0.2) is 49.8 Å². The van der Waals surface area contributed by atoms with Gasteiger partial charge in [-0.15, -0.1) is 0 Å². The van der Waals surface area contributed by atoms with Crippen LogP contribution in [0, 0.1) is 5.82 Å². The van der Waals surface area contributed by atoms with E-state index >= 15 is 0 Å². The second-order valence-electron chi connectivity index (χ2n) is 4.88. The summed E-state index contributed by atoms with van der Waals surface area (Å²) in [5.74, 6) is -0.226. The van der Waals surface area contributed by atoms with E-state index in [1.165, 1.54) is 6.07 Å². The molecular formula is C15H21FN2O3. The Balaban J connectivity index is 1.96. The number of morpholine rings is 1. The minimum atomic E-state index is -0.437. The minimum Gasteiger partial charge on any atom is -0.491 e. The van der Waals surface area contributed by atoms with Crippen molar-refractivity contribution in [1.29, 1.82) is 0 Å². The molecule has 1 heterocycles. The molecule has 0 radical (unpaired) electrons. The Morgan fingerprint density at radius 1 is 1.48 bits per heavy atom. The number of rotatable bonds is 5. The lowest BCUT2D eigenvalue weighted by atomic mass is 10.2. The predicted octanol–water partition coefficient (Wildman–Crippen LogP) is 1.88. The maximum absolute atomic E-state index is 13.8. The number of nitrogens with one attached hydrogen (secondary N) is 1.